The van der Waals surface area contributed by atoms with Gasteiger partial charge in [0.25, 0.3) is 5.91 Å². The Morgan fingerprint density at radius 2 is 1.80 bits per heavy atom. The number of nitrogens with one attached hydrogen (secondary N) is 3. The molecule has 1 aromatic rings. The lowest BCUT2D eigenvalue weighted by atomic mass is 10.2. The first kappa shape index (κ1) is 23.9. The maximum Gasteiger partial charge on any atom is 0.252 e. The molecule has 0 unspecified atom stereocenters. The van der Waals surface area contributed by atoms with Gasteiger partial charge < -0.3 is 20.7 Å². The molecule has 0 atom stereocenters. The van der Waals surface area contributed by atoms with Crippen LogP contribution < -0.4 is 16.0 Å². The number of hydrogen-bond donors (Lipinski definition) is 3. The van der Waals surface area contributed by atoms with Gasteiger partial charge >= 0.3 is 0 Å². The van der Waals surface area contributed by atoms with Crippen LogP contribution >= 0.6 is 35.6 Å². The monoisotopic (exact) mass is 482 g/mol. The van der Waals surface area contributed by atoms with Crippen LogP contribution in [0, 0.1) is 0 Å². The number of guanidine groups is 1. The van der Waals surface area contributed by atoms with Crippen molar-refractivity contribution in [2.24, 2.45) is 4.99 Å². The van der Waals surface area contributed by atoms with Gasteiger partial charge in [-0.2, -0.15) is 0 Å². The zero-order chi connectivity index (χ0) is 17.6. The normalized spacial score (nSPS) is 10.8. The van der Waals surface area contributed by atoms with E-state index in [9.17, 15) is 4.79 Å². The molecule has 0 heterocycles. The van der Waals surface area contributed by atoms with Crippen molar-refractivity contribution in [1.82, 2.24) is 16.0 Å². The van der Waals surface area contributed by atoms with Gasteiger partial charge in [-0.15, -0.1) is 24.0 Å². The Kier molecular flexibility index (Phi) is 14.6. The number of carbonyl (C=O) groups excluding carboxylic acids is 1. The number of aliphatic imine (C=N–C) groups is 1. The van der Waals surface area contributed by atoms with Crippen molar-refractivity contribution in [3.63, 3.8) is 0 Å². The summed E-state index contributed by atoms with van der Waals surface area (Å²) in [6, 6.07) is 6.99. The van der Waals surface area contributed by atoms with E-state index in [1.807, 2.05) is 6.92 Å². The molecule has 0 saturated carbocycles. The first-order valence-electron chi connectivity index (χ1n) is 8.24. The molecule has 0 bridgehead atoms. The highest BCUT2D eigenvalue weighted by atomic mass is 127. The van der Waals surface area contributed by atoms with Crippen LogP contribution in [0.25, 0.3) is 0 Å². The number of ether oxygens (including phenoxy) is 1. The lowest BCUT2D eigenvalue weighted by Crippen LogP contribution is -2.41. The van der Waals surface area contributed by atoms with Crippen LogP contribution in [0.1, 0.15) is 30.1 Å². The van der Waals surface area contributed by atoms with Crippen molar-refractivity contribution < 1.29 is 9.53 Å². The van der Waals surface area contributed by atoms with Crippen molar-refractivity contribution >= 4 is 47.4 Å². The molecule has 0 aliphatic carbocycles. The quantitative estimate of drug-likeness (QED) is 0.207. The van der Waals surface area contributed by atoms with E-state index >= 15 is 0 Å². The lowest BCUT2D eigenvalue weighted by molar-refractivity contribution is 0.0954. The van der Waals surface area contributed by atoms with Crippen LogP contribution in [0.2, 0.25) is 5.02 Å². The van der Waals surface area contributed by atoms with E-state index in [2.05, 4.69) is 20.9 Å². The average molecular weight is 483 g/mol. The van der Waals surface area contributed by atoms with Crippen LogP contribution in [0.15, 0.2) is 29.3 Å². The molecule has 25 heavy (non-hydrogen) atoms. The van der Waals surface area contributed by atoms with Crippen LogP contribution in [0.3, 0.4) is 0 Å². The zero-order valence-electron chi connectivity index (χ0n) is 14.8. The molecule has 6 nitrogen and oxygen atoms in total. The number of unbranched alkanes of at least 4 members (excludes halogenated alkanes) is 1. The largest absolute Gasteiger partial charge is 0.382 e. The zero-order valence-corrected chi connectivity index (χ0v) is 17.9. The van der Waals surface area contributed by atoms with Crippen LogP contribution in [0.4, 0.5) is 0 Å². The van der Waals surface area contributed by atoms with Crippen LogP contribution in [0.5, 0.6) is 0 Å². The van der Waals surface area contributed by atoms with E-state index in [0.29, 0.717) is 23.7 Å². The molecule has 8 heteroatoms. The molecule has 0 aliphatic rings. The fourth-order valence-corrected chi connectivity index (χ4v) is 2.22. The highest BCUT2D eigenvalue weighted by Gasteiger charge is 2.08. The standard InChI is InChI=1S/C17H27ClN4O2.HI/c1-3-24-13-7-6-10-21-17(19-2)22-12-11-20-16(23)14-8-4-5-9-15(14)18;/h4-5,8-9H,3,6-7,10-13H2,1-2H3,(H,20,23)(H2,19,21,22);1H. The van der Waals surface area contributed by atoms with Crippen LogP contribution in [-0.4, -0.2) is 51.8 Å². The Bertz CT molecular complexity index is 529. The van der Waals surface area contributed by atoms with Gasteiger partial charge in [-0.3, -0.25) is 9.79 Å². The lowest BCUT2D eigenvalue weighted by Gasteiger charge is -2.12. The molecule has 0 spiro atoms. The SMILES string of the molecule is CCOCCCCNC(=NC)NCCNC(=O)c1ccccc1Cl.I. The Morgan fingerprint density at radius 1 is 1.12 bits per heavy atom. The van der Waals surface area contributed by atoms with Crippen LogP contribution in [-0.2, 0) is 4.74 Å². The summed E-state index contributed by atoms with van der Waals surface area (Å²) in [5.74, 6) is 0.541. The van der Waals surface area contributed by atoms with Gasteiger partial charge in [-0.1, -0.05) is 23.7 Å². The molecule has 1 amide bonds. The number of carbonyl (C=O) groups is 1. The fourth-order valence-electron chi connectivity index (χ4n) is 2.00. The summed E-state index contributed by atoms with van der Waals surface area (Å²) in [6.45, 7) is 5.44. The summed E-state index contributed by atoms with van der Waals surface area (Å²) >= 11 is 5.99. The van der Waals surface area contributed by atoms with E-state index in [4.69, 9.17) is 16.3 Å². The number of nitrogens with zero attached hydrogens (tertiary/aromatic N) is 1. The second-order valence-corrected chi connectivity index (χ2v) is 5.47. The molecule has 0 aliphatic heterocycles. The van der Waals surface area contributed by atoms with Gasteiger partial charge in [0.15, 0.2) is 5.96 Å². The number of halogens is 2. The summed E-state index contributed by atoms with van der Waals surface area (Å²) in [4.78, 5) is 16.1. The first-order valence-corrected chi connectivity index (χ1v) is 8.61. The van der Waals surface area contributed by atoms with Gasteiger partial charge in [0.05, 0.1) is 10.6 Å². The molecular weight excluding hydrogens is 455 g/mol. The number of hydrogen-bond acceptors (Lipinski definition) is 3. The van der Waals surface area contributed by atoms with Gasteiger partial charge in [0.1, 0.15) is 0 Å². The number of benzene rings is 1. The van der Waals surface area contributed by atoms with Crippen molar-refractivity contribution in [3.8, 4) is 0 Å². The summed E-state index contributed by atoms with van der Waals surface area (Å²) in [5, 5.41) is 9.65. The Morgan fingerprint density at radius 3 is 2.48 bits per heavy atom. The van der Waals surface area contributed by atoms with E-state index in [1.165, 1.54) is 0 Å². The first-order chi connectivity index (χ1) is 11.7. The molecular formula is C17H28ClIN4O2. The molecule has 1 rings (SSSR count). The van der Waals surface area contributed by atoms with Gasteiger partial charge in [-0.05, 0) is 31.9 Å². The predicted octanol–water partition coefficient (Wildman–Crippen LogP) is 2.67. The minimum Gasteiger partial charge on any atom is -0.382 e. The third-order valence-electron chi connectivity index (χ3n) is 3.26. The molecule has 0 saturated heterocycles. The second-order valence-electron chi connectivity index (χ2n) is 5.07. The summed E-state index contributed by atoms with van der Waals surface area (Å²) in [6.07, 6.45) is 2.04. The number of amides is 1. The summed E-state index contributed by atoms with van der Waals surface area (Å²) in [7, 11) is 1.72. The summed E-state index contributed by atoms with van der Waals surface area (Å²) < 4.78 is 5.29. The van der Waals surface area contributed by atoms with Gasteiger partial charge in [-0.25, -0.2) is 0 Å². The molecule has 0 fully saturated rings. The minimum absolute atomic E-state index is 0. The van der Waals surface area contributed by atoms with E-state index in [0.717, 1.165) is 38.6 Å². The van der Waals surface area contributed by atoms with E-state index < -0.39 is 0 Å². The van der Waals surface area contributed by atoms with Gasteiger partial charge in [0, 0.05) is 39.9 Å². The Hall–Kier alpha value is -1.06. The van der Waals surface area contributed by atoms with E-state index in [1.54, 1.807) is 31.3 Å². The molecule has 3 N–H and O–H groups in total. The van der Waals surface area contributed by atoms with Gasteiger partial charge in [0.2, 0.25) is 0 Å². The summed E-state index contributed by atoms with van der Waals surface area (Å²) in [5.41, 5.74) is 0.482. The average Bonchev–Trinajstić information content (AvgIpc) is 2.59. The highest BCUT2D eigenvalue weighted by Crippen LogP contribution is 2.14. The maximum atomic E-state index is 12.0. The second kappa shape index (κ2) is 15.2. The van der Waals surface area contributed by atoms with Crippen molar-refractivity contribution in [1.29, 1.82) is 0 Å². The molecule has 0 radical (unpaired) electrons. The third kappa shape index (κ3) is 10.5. The molecule has 0 aromatic heterocycles. The van der Waals surface area contributed by atoms with Crippen molar-refractivity contribution in [2.45, 2.75) is 19.8 Å². The molecule has 142 valence electrons. The van der Waals surface area contributed by atoms with Crippen molar-refractivity contribution in [3.05, 3.63) is 34.9 Å². The van der Waals surface area contributed by atoms with E-state index in [-0.39, 0.29) is 29.9 Å². The highest BCUT2D eigenvalue weighted by molar-refractivity contribution is 14.0. The minimum atomic E-state index is -0.179. The smallest absolute Gasteiger partial charge is 0.252 e. The maximum absolute atomic E-state index is 12.0. The number of rotatable bonds is 10. The third-order valence-corrected chi connectivity index (χ3v) is 3.59. The Labute approximate surface area is 172 Å². The van der Waals surface area contributed by atoms with Crippen molar-refractivity contribution in [2.75, 3.05) is 39.9 Å². The molecule has 1 aromatic carbocycles. The predicted molar refractivity (Wildman–Crippen MR) is 114 cm³/mol. The Balaban J connectivity index is 0.00000576. The fraction of sp³-hybridized carbons (Fsp3) is 0.529. The topological polar surface area (TPSA) is 74.8 Å².